The van der Waals surface area contributed by atoms with Crippen LogP contribution in [0.3, 0.4) is 0 Å². The van der Waals surface area contributed by atoms with Gasteiger partial charge in [0.2, 0.25) is 0 Å². The minimum absolute atomic E-state index is 0. The zero-order valence-corrected chi connectivity index (χ0v) is 11.5. The Morgan fingerprint density at radius 3 is 2.40 bits per heavy atom. The first-order valence-corrected chi connectivity index (χ1v) is 2.99. The van der Waals surface area contributed by atoms with E-state index in [0.29, 0.717) is 5.92 Å². The molecule has 0 N–H and O–H groups in total. The fraction of sp³-hybridized carbons (Fsp3) is 0.429. The summed E-state index contributed by atoms with van der Waals surface area (Å²) < 4.78 is 0. The van der Waals surface area contributed by atoms with Gasteiger partial charge in [0.25, 0.3) is 0 Å². The van der Waals surface area contributed by atoms with Crippen molar-refractivity contribution in [3.05, 3.63) is 24.3 Å². The van der Waals surface area contributed by atoms with Gasteiger partial charge in [0.1, 0.15) is 0 Å². The molecule has 1 heterocycles. The molecule has 1 aromatic rings. The van der Waals surface area contributed by atoms with Crippen LogP contribution in [0.15, 0.2) is 12.4 Å². The second-order valence-corrected chi connectivity index (χ2v) is 2.21. The maximum Gasteiger partial charge on any atom is 1.00 e. The number of aromatic nitrogens is 2. The standard InChI is InChI=1S/C7H9N2.Rb/c1-6(2)7-5-8-3-4-9-7;/h3-4,6H,1-2H3;/q-1;+1. The van der Waals surface area contributed by atoms with Crippen LogP contribution in [0.2, 0.25) is 0 Å². The van der Waals surface area contributed by atoms with E-state index in [2.05, 4.69) is 30.0 Å². The summed E-state index contributed by atoms with van der Waals surface area (Å²) in [5.74, 6) is 0.429. The Morgan fingerprint density at radius 2 is 2.10 bits per heavy atom. The van der Waals surface area contributed by atoms with E-state index >= 15 is 0 Å². The van der Waals surface area contributed by atoms with Gasteiger partial charge in [0, 0.05) is 0 Å². The van der Waals surface area contributed by atoms with Gasteiger partial charge in [-0.25, -0.2) is 0 Å². The molecule has 0 amide bonds. The number of nitrogens with zero attached hydrogens (tertiary/aromatic N) is 2. The molecule has 10 heavy (non-hydrogen) atoms. The van der Waals surface area contributed by atoms with Crippen molar-refractivity contribution in [3.8, 4) is 0 Å². The third-order valence-electron chi connectivity index (χ3n) is 1.08. The van der Waals surface area contributed by atoms with E-state index < -0.39 is 0 Å². The fourth-order valence-electron chi connectivity index (χ4n) is 0.557. The van der Waals surface area contributed by atoms with Crippen LogP contribution in [-0.2, 0) is 0 Å². The average molecular weight is 207 g/mol. The molecule has 0 aliphatic heterocycles. The zero-order valence-electron chi connectivity index (χ0n) is 6.63. The van der Waals surface area contributed by atoms with Crippen molar-refractivity contribution in [3.63, 3.8) is 0 Å². The molecule has 1 rings (SSSR count). The smallest absolute Gasteiger partial charge is 0.456 e. The van der Waals surface area contributed by atoms with Crippen LogP contribution in [0.5, 0.6) is 0 Å². The van der Waals surface area contributed by atoms with Gasteiger partial charge in [-0.05, 0) is 17.8 Å². The molecule has 0 aliphatic rings. The molecule has 1 aromatic heterocycles. The molecule has 0 aliphatic carbocycles. The maximum absolute atomic E-state index is 4.06. The summed E-state index contributed by atoms with van der Waals surface area (Å²) in [6, 6.07) is 0. The molecular weight excluding hydrogens is 198 g/mol. The molecule has 2 nitrogen and oxygen atoms in total. The fourth-order valence-corrected chi connectivity index (χ4v) is 0.557. The van der Waals surface area contributed by atoms with Crippen molar-refractivity contribution in [2.24, 2.45) is 0 Å². The minimum Gasteiger partial charge on any atom is -0.456 e. The Bertz CT molecular complexity index is 174. The normalized spacial score (nSPS) is 9.10. The Morgan fingerprint density at radius 1 is 1.40 bits per heavy atom. The number of rotatable bonds is 1. The Labute approximate surface area is 110 Å². The van der Waals surface area contributed by atoms with E-state index in [4.69, 9.17) is 0 Å². The van der Waals surface area contributed by atoms with Gasteiger partial charge in [-0.2, -0.15) is 0 Å². The first-order chi connectivity index (χ1) is 4.30. The summed E-state index contributed by atoms with van der Waals surface area (Å²) in [5.41, 5.74) is 0.928. The predicted octanol–water partition coefficient (Wildman–Crippen LogP) is -1.60. The topological polar surface area (TPSA) is 25.8 Å². The van der Waals surface area contributed by atoms with Crippen LogP contribution < -0.4 is 58.2 Å². The van der Waals surface area contributed by atoms with Crippen molar-refractivity contribution in [2.75, 3.05) is 0 Å². The zero-order chi connectivity index (χ0) is 6.69. The van der Waals surface area contributed by atoms with Crippen molar-refractivity contribution < 1.29 is 58.2 Å². The molecule has 0 saturated carbocycles. The van der Waals surface area contributed by atoms with Crippen molar-refractivity contribution >= 4 is 0 Å². The van der Waals surface area contributed by atoms with E-state index in [1.54, 1.807) is 12.4 Å². The molecule has 48 valence electrons. The molecule has 0 atom stereocenters. The second kappa shape index (κ2) is 5.52. The third kappa shape index (κ3) is 3.33. The van der Waals surface area contributed by atoms with Crippen molar-refractivity contribution in [1.82, 2.24) is 9.97 Å². The summed E-state index contributed by atoms with van der Waals surface area (Å²) in [6.07, 6.45) is 6.12. The molecule has 0 spiro atoms. The van der Waals surface area contributed by atoms with Crippen molar-refractivity contribution in [1.29, 1.82) is 0 Å². The van der Waals surface area contributed by atoms with Crippen LogP contribution in [0, 0.1) is 6.20 Å². The number of hydrogen-bond donors (Lipinski definition) is 0. The van der Waals surface area contributed by atoms with Gasteiger partial charge in [0.05, 0.1) is 0 Å². The molecule has 0 bridgehead atoms. The third-order valence-corrected chi connectivity index (χ3v) is 1.08. The maximum atomic E-state index is 4.06. The first kappa shape index (κ1) is 10.9. The Balaban J connectivity index is 0.000000810. The SMILES string of the molecule is CC(C)c1[c-]nccn1.[Rb+]. The van der Waals surface area contributed by atoms with E-state index in [-0.39, 0.29) is 58.2 Å². The summed E-state index contributed by atoms with van der Waals surface area (Å²) in [7, 11) is 0. The quantitative estimate of drug-likeness (QED) is 0.518. The summed E-state index contributed by atoms with van der Waals surface area (Å²) in [5, 5.41) is 0. The first-order valence-electron chi connectivity index (χ1n) is 2.99. The molecule has 0 aromatic carbocycles. The van der Waals surface area contributed by atoms with Crippen LogP contribution in [0.4, 0.5) is 0 Å². The predicted molar refractivity (Wildman–Crippen MR) is 35.0 cm³/mol. The van der Waals surface area contributed by atoms with Crippen LogP contribution in [0.25, 0.3) is 0 Å². The number of hydrogen-bond acceptors (Lipinski definition) is 2. The van der Waals surface area contributed by atoms with Gasteiger partial charge in [-0.15, -0.1) is 12.4 Å². The second-order valence-electron chi connectivity index (χ2n) is 2.21. The Hall–Kier alpha value is 0.885. The van der Waals surface area contributed by atoms with Gasteiger partial charge in [0.15, 0.2) is 0 Å². The van der Waals surface area contributed by atoms with E-state index in [0.717, 1.165) is 5.69 Å². The summed E-state index contributed by atoms with van der Waals surface area (Å²) in [6.45, 7) is 4.14. The average Bonchev–Trinajstić information content (AvgIpc) is 1.90. The van der Waals surface area contributed by atoms with Gasteiger partial charge >= 0.3 is 58.2 Å². The molecule has 0 unspecified atom stereocenters. The molecule has 0 fully saturated rings. The molecule has 0 saturated heterocycles. The Kier molecular flexibility index (Phi) is 6.01. The van der Waals surface area contributed by atoms with E-state index in [1.165, 1.54) is 0 Å². The van der Waals surface area contributed by atoms with Gasteiger partial charge in [-0.1, -0.05) is 13.8 Å². The molecule has 3 heteroatoms. The van der Waals surface area contributed by atoms with Crippen LogP contribution in [-0.4, -0.2) is 9.97 Å². The molecular formula is C7H9N2Rb. The van der Waals surface area contributed by atoms with Gasteiger partial charge in [-0.3, -0.25) is 4.98 Å². The largest absolute Gasteiger partial charge is 1.00 e. The van der Waals surface area contributed by atoms with E-state index in [9.17, 15) is 0 Å². The van der Waals surface area contributed by atoms with Crippen LogP contribution in [0.1, 0.15) is 25.5 Å². The van der Waals surface area contributed by atoms with Gasteiger partial charge < -0.3 is 4.98 Å². The summed E-state index contributed by atoms with van der Waals surface area (Å²) >= 11 is 0. The van der Waals surface area contributed by atoms with E-state index in [1.807, 2.05) is 0 Å². The van der Waals surface area contributed by atoms with Crippen LogP contribution >= 0.6 is 0 Å². The summed E-state index contributed by atoms with van der Waals surface area (Å²) in [4.78, 5) is 7.88. The minimum atomic E-state index is 0. The monoisotopic (exact) mass is 206 g/mol. The molecule has 0 radical (unpaired) electrons. The van der Waals surface area contributed by atoms with Crippen molar-refractivity contribution in [2.45, 2.75) is 19.8 Å².